The summed E-state index contributed by atoms with van der Waals surface area (Å²) in [5.74, 6) is -0.602. The Morgan fingerprint density at radius 3 is 2.61 bits per heavy atom. The molecular formula is C20H23N3O5S3. The van der Waals surface area contributed by atoms with E-state index in [0.717, 1.165) is 20.4 Å². The smallest absolute Gasteiger partial charge is 0.348 e. The lowest BCUT2D eigenvalue weighted by molar-refractivity contribution is 0.0479. The molecule has 4 rings (SSSR count). The Hall–Kier alpha value is -2.24. The molecular weight excluding hydrogens is 458 g/mol. The third kappa shape index (κ3) is 4.26. The molecule has 31 heavy (non-hydrogen) atoms. The number of aromatic nitrogens is 2. The molecule has 3 aromatic rings. The molecule has 1 aliphatic heterocycles. The van der Waals surface area contributed by atoms with Crippen molar-refractivity contribution in [2.45, 2.75) is 26.3 Å². The number of aryl methyl sites for hydroxylation is 1. The lowest BCUT2D eigenvalue weighted by Gasteiger charge is -2.16. The molecule has 11 heteroatoms. The molecule has 0 spiro atoms. The van der Waals surface area contributed by atoms with Crippen LogP contribution in [0.4, 0.5) is 5.13 Å². The fourth-order valence-electron chi connectivity index (χ4n) is 3.90. The molecule has 8 nitrogen and oxygen atoms in total. The number of carbonyl (C=O) groups is 2. The standard InChI is InChI=1S/C20H23N3O5S3/c1-11-7-14(12(2)23(11)13-5-6-31(26,27)10-13)15(24)9-28-19(25)17-8-16-18(29-17)21-20(30-16)22(3)4/h7-8,13H,5-6,9-10H2,1-4H3. The second-order valence-electron chi connectivity index (χ2n) is 7.88. The van der Waals surface area contributed by atoms with Gasteiger partial charge in [0.1, 0.15) is 9.71 Å². The number of esters is 1. The van der Waals surface area contributed by atoms with Gasteiger partial charge in [-0.25, -0.2) is 18.2 Å². The van der Waals surface area contributed by atoms with E-state index >= 15 is 0 Å². The number of Topliss-reactive ketones (excluding diaryl/α,β-unsaturated/α-hetero) is 1. The van der Waals surface area contributed by atoms with E-state index in [-0.39, 0.29) is 29.9 Å². The SMILES string of the molecule is Cc1cc(C(=O)COC(=O)c2cc3sc(N(C)C)nc3s2)c(C)n1C1CCS(=O)(=O)C1. The zero-order chi connectivity index (χ0) is 22.5. The summed E-state index contributed by atoms with van der Waals surface area (Å²) in [6.07, 6.45) is 0.542. The number of nitrogens with zero attached hydrogens (tertiary/aromatic N) is 3. The molecule has 0 saturated carbocycles. The Morgan fingerprint density at radius 2 is 2.00 bits per heavy atom. The summed E-state index contributed by atoms with van der Waals surface area (Å²) in [6, 6.07) is 3.32. The van der Waals surface area contributed by atoms with Gasteiger partial charge in [0.15, 0.2) is 21.6 Å². The minimum absolute atomic E-state index is 0.0883. The van der Waals surface area contributed by atoms with Crippen LogP contribution in [0.3, 0.4) is 0 Å². The highest BCUT2D eigenvalue weighted by molar-refractivity contribution is 7.91. The molecule has 0 bridgehead atoms. The normalized spacial score (nSPS) is 17.9. The first-order valence-electron chi connectivity index (χ1n) is 9.72. The Morgan fingerprint density at radius 1 is 1.26 bits per heavy atom. The number of carbonyl (C=O) groups excluding carboxylic acids is 2. The lowest BCUT2D eigenvalue weighted by Crippen LogP contribution is -2.16. The third-order valence-corrected chi connectivity index (χ3v) is 9.41. The maximum Gasteiger partial charge on any atom is 0.348 e. The summed E-state index contributed by atoms with van der Waals surface area (Å²) >= 11 is 2.73. The van der Waals surface area contributed by atoms with Gasteiger partial charge >= 0.3 is 5.97 Å². The Kier molecular flexibility index (Phi) is 5.69. The topological polar surface area (TPSA) is 98.6 Å². The van der Waals surface area contributed by atoms with Gasteiger partial charge in [-0.05, 0) is 32.4 Å². The predicted octanol–water partition coefficient (Wildman–Crippen LogP) is 3.24. The zero-order valence-corrected chi connectivity index (χ0v) is 20.1. The van der Waals surface area contributed by atoms with Crippen molar-refractivity contribution in [3.63, 3.8) is 0 Å². The number of hydrogen-bond donors (Lipinski definition) is 0. The van der Waals surface area contributed by atoms with Crippen LogP contribution in [0.2, 0.25) is 0 Å². The minimum Gasteiger partial charge on any atom is -0.453 e. The predicted molar refractivity (Wildman–Crippen MR) is 123 cm³/mol. The van der Waals surface area contributed by atoms with Gasteiger partial charge in [0.25, 0.3) is 0 Å². The first kappa shape index (κ1) is 22.0. The first-order chi connectivity index (χ1) is 14.6. The molecule has 1 atom stereocenters. The molecule has 0 amide bonds. The van der Waals surface area contributed by atoms with Crippen LogP contribution in [0, 0.1) is 13.8 Å². The fourth-order valence-corrected chi connectivity index (χ4v) is 7.62. The third-order valence-electron chi connectivity index (χ3n) is 5.35. The second kappa shape index (κ2) is 8.03. The molecule has 3 aromatic heterocycles. The zero-order valence-electron chi connectivity index (χ0n) is 17.7. The van der Waals surface area contributed by atoms with Crippen molar-refractivity contribution >= 4 is 58.9 Å². The maximum atomic E-state index is 12.7. The summed E-state index contributed by atoms with van der Waals surface area (Å²) in [6.45, 7) is 3.29. The van der Waals surface area contributed by atoms with Gasteiger partial charge < -0.3 is 14.2 Å². The quantitative estimate of drug-likeness (QED) is 0.394. The van der Waals surface area contributed by atoms with Crippen molar-refractivity contribution in [3.05, 3.63) is 34.0 Å². The number of ketones is 1. The highest BCUT2D eigenvalue weighted by Crippen LogP contribution is 2.34. The van der Waals surface area contributed by atoms with E-state index in [0.29, 0.717) is 22.6 Å². The van der Waals surface area contributed by atoms with Gasteiger partial charge in [0, 0.05) is 37.1 Å². The average molecular weight is 482 g/mol. The van der Waals surface area contributed by atoms with Crippen LogP contribution < -0.4 is 4.90 Å². The van der Waals surface area contributed by atoms with Crippen LogP contribution in [0.25, 0.3) is 9.53 Å². The lowest BCUT2D eigenvalue weighted by atomic mass is 10.1. The summed E-state index contributed by atoms with van der Waals surface area (Å²) in [4.78, 5) is 32.7. The molecule has 1 unspecified atom stereocenters. The second-order valence-corrected chi connectivity index (χ2v) is 12.2. The molecule has 0 aliphatic carbocycles. The van der Waals surface area contributed by atoms with Crippen molar-refractivity contribution < 1.29 is 22.7 Å². The van der Waals surface area contributed by atoms with Crippen LogP contribution in [-0.4, -0.2) is 61.9 Å². The highest BCUT2D eigenvalue weighted by atomic mass is 32.2. The Bertz CT molecular complexity index is 1250. The summed E-state index contributed by atoms with van der Waals surface area (Å²) in [5.41, 5.74) is 1.99. The molecule has 4 heterocycles. The molecule has 1 fully saturated rings. The van der Waals surface area contributed by atoms with Crippen LogP contribution >= 0.6 is 22.7 Å². The number of fused-ring (bicyclic) bond motifs is 1. The first-order valence-corrected chi connectivity index (χ1v) is 13.2. The molecule has 1 saturated heterocycles. The molecule has 0 N–H and O–H groups in total. The van der Waals surface area contributed by atoms with Crippen molar-refractivity contribution in [2.24, 2.45) is 0 Å². The van der Waals surface area contributed by atoms with Gasteiger partial charge in [0.2, 0.25) is 5.78 Å². The molecule has 0 radical (unpaired) electrons. The van der Waals surface area contributed by atoms with E-state index in [9.17, 15) is 18.0 Å². The summed E-state index contributed by atoms with van der Waals surface area (Å²) in [5, 5.41) is 0.863. The number of thiazole rings is 1. The van der Waals surface area contributed by atoms with Crippen molar-refractivity contribution in [1.82, 2.24) is 9.55 Å². The highest BCUT2D eigenvalue weighted by Gasteiger charge is 2.31. The number of anilines is 1. The van der Waals surface area contributed by atoms with E-state index in [2.05, 4.69) is 4.98 Å². The van der Waals surface area contributed by atoms with Crippen LogP contribution in [0.15, 0.2) is 12.1 Å². The van der Waals surface area contributed by atoms with Crippen LogP contribution in [-0.2, 0) is 14.6 Å². The van der Waals surface area contributed by atoms with Gasteiger partial charge in [-0.2, -0.15) is 0 Å². The van der Waals surface area contributed by atoms with E-state index in [1.165, 1.54) is 22.7 Å². The van der Waals surface area contributed by atoms with E-state index in [4.69, 9.17) is 4.74 Å². The molecule has 166 valence electrons. The van der Waals surface area contributed by atoms with Gasteiger partial charge in [-0.3, -0.25) is 4.79 Å². The minimum atomic E-state index is -3.04. The van der Waals surface area contributed by atoms with Crippen LogP contribution in [0.5, 0.6) is 0 Å². The number of sulfone groups is 1. The number of rotatable bonds is 6. The maximum absolute atomic E-state index is 12.7. The monoisotopic (exact) mass is 481 g/mol. The van der Waals surface area contributed by atoms with Crippen molar-refractivity contribution in [3.8, 4) is 0 Å². The Balaban J connectivity index is 1.44. The van der Waals surface area contributed by atoms with Gasteiger partial charge in [0.05, 0.1) is 16.2 Å². The molecule has 0 aromatic carbocycles. The average Bonchev–Trinajstić information content (AvgIpc) is 3.41. The van der Waals surface area contributed by atoms with Gasteiger partial charge in [-0.1, -0.05) is 11.3 Å². The van der Waals surface area contributed by atoms with Crippen molar-refractivity contribution in [1.29, 1.82) is 0 Å². The number of thiophene rings is 1. The fraction of sp³-hybridized carbons (Fsp3) is 0.450. The Labute approximate surface area is 188 Å². The van der Waals surface area contributed by atoms with E-state index in [1.807, 2.05) is 30.5 Å². The van der Waals surface area contributed by atoms with E-state index in [1.54, 1.807) is 19.1 Å². The van der Waals surface area contributed by atoms with Crippen molar-refractivity contribution in [2.75, 3.05) is 37.1 Å². The van der Waals surface area contributed by atoms with E-state index < -0.39 is 15.8 Å². The molecule has 1 aliphatic rings. The number of ether oxygens (including phenoxy) is 1. The summed E-state index contributed by atoms with van der Waals surface area (Å²) < 4.78 is 31.8. The van der Waals surface area contributed by atoms with Crippen LogP contribution in [0.1, 0.15) is 43.9 Å². The number of hydrogen-bond acceptors (Lipinski definition) is 9. The van der Waals surface area contributed by atoms with Gasteiger partial charge in [-0.15, -0.1) is 11.3 Å². The summed E-state index contributed by atoms with van der Waals surface area (Å²) in [7, 11) is 0.782. The largest absolute Gasteiger partial charge is 0.453 e.